The van der Waals surface area contributed by atoms with Gasteiger partial charge in [0.05, 0.1) is 16.1 Å². The predicted octanol–water partition coefficient (Wildman–Crippen LogP) is 2.82. The van der Waals surface area contributed by atoms with Crippen LogP contribution in [-0.2, 0) is 9.84 Å². The van der Waals surface area contributed by atoms with Gasteiger partial charge in [0.15, 0.2) is 0 Å². The van der Waals surface area contributed by atoms with E-state index >= 15 is 0 Å². The van der Waals surface area contributed by atoms with E-state index in [2.05, 4.69) is 5.10 Å². The molecule has 1 aromatic heterocycles. The summed E-state index contributed by atoms with van der Waals surface area (Å²) < 4.78 is 39.1. The summed E-state index contributed by atoms with van der Waals surface area (Å²) in [7, 11) is -4.12. The average Bonchev–Trinajstić information content (AvgIpc) is 2.91. The number of hydrogen-bond acceptors (Lipinski definition) is 4. The van der Waals surface area contributed by atoms with Gasteiger partial charge in [0.1, 0.15) is 5.82 Å². The van der Waals surface area contributed by atoms with Crippen LogP contribution in [0.5, 0.6) is 0 Å². The molecule has 2 aromatic rings. The number of rotatable bonds is 4. The lowest BCUT2D eigenvalue weighted by atomic mass is 10.4. The zero-order valence-electron chi connectivity index (χ0n) is 12.5. The maximum Gasteiger partial charge on any atom is 0.344 e. The fourth-order valence-electron chi connectivity index (χ4n) is 2.00. The third-order valence-electron chi connectivity index (χ3n) is 3.23. The molecule has 6 nitrogen and oxygen atoms in total. The number of halogens is 2. The van der Waals surface area contributed by atoms with E-state index in [9.17, 15) is 17.6 Å². The van der Waals surface area contributed by atoms with E-state index in [1.165, 1.54) is 17.0 Å². The highest BCUT2D eigenvalue weighted by Gasteiger charge is 2.27. The van der Waals surface area contributed by atoms with Crippen molar-refractivity contribution in [2.45, 2.75) is 23.8 Å². The average molecular weight is 360 g/mol. The van der Waals surface area contributed by atoms with E-state index in [0.717, 1.165) is 23.0 Å². The number of benzene rings is 1. The Hall–Kier alpha value is -1.93. The van der Waals surface area contributed by atoms with E-state index in [1.54, 1.807) is 13.8 Å². The van der Waals surface area contributed by atoms with Crippen LogP contribution < -0.4 is 0 Å². The second-order valence-electron chi connectivity index (χ2n) is 4.64. The SMILES string of the molecule is CCN(CC)C(=O)n1cc(Cl)c(S(=O)(=O)c2cccc(F)c2)n1. The second-order valence-corrected chi connectivity index (χ2v) is 6.91. The van der Waals surface area contributed by atoms with Gasteiger partial charge in [-0.3, -0.25) is 0 Å². The number of sulfone groups is 1. The standard InChI is InChI=1S/C14H15ClFN3O3S/c1-3-18(4-2)14(20)19-9-12(15)13(17-19)23(21,22)11-7-5-6-10(16)8-11/h5-9H,3-4H2,1-2H3. The quantitative estimate of drug-likeness (QED) is 0.841. The van der Waals surface area contributed by atoms with E-state index in [0.29, 0.717) is 13.1 Å². The molecule has 0 aliphatic rings. The highest BCUT2D eigenvalue weighted by Crippen LogP contribution is 2.26. The van der Waals surface area contributed by atoms with Crippen molar-refractivity contribution in [3.8, 4) is 0 Å². The van der Waals surface area contributed by atoms with Crippen molar-refractivity contribution in [3.63, 3.8) is 0 Å². The molecular weight excluding hydrogens is 345 g/mol. The van der Waals surface area contributed by atoms with Crippen molar-refractivity contribution in [1.29, 1.82) is 0 Å². The predicted molar refractivity (Wildman–Crippen MR) is 82.8 cm³/mol. The number of hydrogen-bond donors (Lipinski definition) is 0. The number of nitrogens with zero attached hydrogens (tertiary/aromatic N) is 3. The molecule has 0 bridgehead atoms. The van der Waals surface area contributed by atoms with Crippen molar-refractivity contribution >= 4 is 27.5 Å². The Morgan fingerprint density at radius 3 is 2.57 bits per heavy atom. The number of aromatic nitrogens is 2. The van der Waals surface area contributed by atoms with Gasteiger partial charge < -0.3 is 4.90 Å². The first-order valence-corrected chi connectivity index (χ1v) is 8.72. The summed E-state index contributed by atoms with van der Waals surface area (Å²) in [5.74, 6) is -0.694. The first kappa shape index (κ1) is 17.4. The monoisotopic (exact) mass is 359 g/mol. The molecule has 1 aromatic carbocycles. The van der Waals surface area contributed by atoms with Crippen LogP contribution in [0, 0.1) is 5.82 Å². The van der Waals surface area contributed by atoms with Gasteiger partial charge in [-0.1, -0.05) is 17.7 Å². The minimum absolute atomic E-state index is 0.199. The molecule has 0 saturated carbocycles. The molecule has 0 spiro atoms. The van der Waals surface area contributed by atoms with Gasteiger partial charge in [0.25, 0.3) is 0 Å². The molecular formula is C14H15ClFN3O3S. The van der Waals surface area contributed by atoms with Crippen LogP contribution in [0.15, 0.2) is 40.4 Å². The van der Waals surface area contributed by atoms with Crippen molar-refractivity contribution in [2.24, 2.45) is 0 Å². The lowest BCUT2D eigenvalue weighted by molar-refractivity contribution is 0.201. The van der Waals surface area contributed by atoms with E-state index in [1.807, 2.05) is 0 Å². The van der Waals surface area contributed by atoms with Crippen LogP contribution in [0.4, 0.5) is 9.18 Å². The first-order chi connectivity index (χ1) is 10.8. The normalized spacial score (nSPS) is 11.5. The molecule has 124 valence electrons. The summed E-state index contributed by atoms with van der Waals surface area (Å²) in [5, 5.41) is 3.11. The maximum absolute atomic E-state index is 13.3. The van der Waals surface area contributed by atoms with Gasteiger partial charge >= 0.3 is 6.03 Å². The molecule has 1 amide bonds. The Kier molecular flexibility index (Phi) is 5.06. The zero-order chi connectivity index (χ0) is 17.2. The Balaban J connectivity index is 2.47. The molecule has 0 unspecified atom stereocenters. The highest BCUT2D eigenvalue weighted by molar-refractivity contribution is 7.91. The van der Waals surface area contributed by atoms with Gasteiger partial charge in [-0.25, -0.2) is 17.6 Å². The van der Waals surface area contributed by atoms with Gasteiger partial charge in [-0.2, -0.15) is 9.78 Å². The van der Waals surface area contributed by atoms with E-state index < -0.39 is 26.7 Å². The Morgan fingerprint density at radius 1 is 1.35 bits per heavy atom. The smallest absolute Gasteiger partial charge is 0.323 e. The van der Waals surface area contributed by atoms with Crippen molar-refractivity contribution < 1.29 is 17.6 Å². The fraction of sp³-hybridized carbons (Fsp3) is 0.286. The van der Waals surface area contributed by atoms with Gasteiger partial charge in [-0.15, -0.1) is 0 Å². The molecule has 23 heavy (non-hydrogen) atoms. The van der Waals surface area contributed by atoms with Crippen LogP contribution in [0.1, 0.15) is 13.8 Å². The van der Waals surface area contributed by atoms with E-state index in [4.69, 9.17) is 11.6 Å². The van der Waals surface area contributed by atoms with Gasteiger partial charge in [-0.05, 0) is 32.0 Å². The molecule has 0 aliphatic heterocycles. The number of carbonyl (C=O) groups is 1. The minimum Gasteiger partial charge on any atom is -0.323 e. The molecule has 0 N–H and O–H groups in total. The third-order valence-corrected chi connectivity index (χ3v) is 5.30. The zero-order valence-corrected chi connectivity index (χ0v) is 14.1. The molecule has 9 heteroatoms. The van der Waals surface area contributed by atoms with E-state index in [-0.39, 0.29) is 9.92 Å². The summed E-state index contributed by atoms with van der Waals surface area (Å²) in [6, 6.07) is 4.02. The topological polar surface area (TPSA) is 72.3 Å². The van der Waals surface area contributed by atoms with Crippen molar-refractivity contribution in [2.75, 3.05) is 13.1 Å². The van der Waals surface area contributed by atoms with Gasteiger partial charge in [0.2, 0.25) is 14.9 Å². The van der Waals surface area contributed by atoms with Crippen molar-refractivity contribution in [1.82, 2.24) is 14.7 Å². The lowest BCUT2D eigenvalue weighted by Crippen LogP contribution is -2.34. The summed E-state index contributed by atoms with van der Waals surface area (Å²) in [5.41, 5.74) is 0. The lowest BCUT2D eigenvalue weighted by Gasteiger charge is -2.17. The molecule has 0 fully saturated rings. The summed E-state index contributed by atoms with van der Waals surface area (Å²) in [4.78, 5) is 13.4. The van der Waals surface area contributed by atoms with Crippen LogP contribution in [0.2, 0.25) is 5.02 Å². The number of carbonyl (C=O) groups excluding carboxylic acids is 1. The summed E-state index contributed by atoms with van der Waals surface area (Å²) >= 11 is 5.93. The molecule has 1 heterocycles. The van der Waals surface area contributed by atoms with Gasteiger partial charge in [0, 0.05) is 13.1 Å². The third kappa shape index (κ3) is 3.37. The maximum atomic E-state index is 13.3. The molecule has 0 radical (unpaired) electrons. The largest absolute Gasteiger partial charge is 0.344 e. The Bertz CT molecular complexity index is 832. The van der Waals surface area contributed by atoms with Crippen LogP contribution >= 0.6 is 11.6 Å². The molecule has 0 saturated heterocycles. The summed E-state index contributed by atoms with van der Waals surface area (Å²) in [6.07, 6.45) is 1.13. The molecule has 0 aliphatic carbocycles. The van der Waals surface area contributed by atoms with Crippen LogP contribution in [-0.4, -0.2) is 42.2 Å². The first-order valence-electron chi connectivity index (χ1n) is 6.86. The number of amides is 1. The highest BCUT2D eigenvalue weighted by atomic mass is 35.5. The fourth-order valence-corrected chi connectivity index (χ4v) is 3.69. The molecule has 0 atom stereocenters. The van der Waals surface area contributed by atoms with Crippen molar-refractivity contribution in [3.05, 3.63) is 41.3 Å². The Labute approximate surface area is 138 Å². The van der Waals surface area contributed by atoms with Crippen LogP contribution in [0.3, 0.4) is 0 Å². The van der Waals surface area contributed by atoms with Crippen LogP contribution in [0.25, 0.3) is 0 Å². The minimum atomic E-state index is -4.12. The second kappa shape index (κ2) is 6.67. The summed E-state index contributed by atoms with van der Waals surface area (Å²) in [6.45, 7) is 4.46. The molecule has 2 rings (SSSR count). The Morgan fingerprint density at radius 2 is 2.00 bits per heavy atom.